The Hall–Kier alpha value is -1.86. The van der Waals surface area contributed by atoms with Crippen LogP contribution in [0.5, 0.6) is 0 Å². The van der Waals surface area contributed by atoms with Crippen molar-refractivity contribution in [3.63, 3.8) is 0 Å². The first kappa shape index (κ1) is 19.5. The normalized spacial score (nSPS) is 21.0. The first-order valence-electron chi connectivity index (χ1n) is 8.35. The fourth-order valence-corrected chi connectivity index (χ4v) is 3.06. The van der Waals surface area contributed by atoms with Crippen LogP contribution in [0.3, 0.4) is 0 Å². The molecule has 8 heteroatoms. The number of nitrogens with two attached hydrogens (primary N) is 1. The highest BCUT2D eigenvalue weighted by molar-refractivity contribution is 5.89. The van der Waals surface area contributed by atoms with Gasteiger partial charge in [-0.15, -0.1) is 12.4 Å². The van der Waals surface area contributed by atoms with Gasteiger partial charge in [-0.3, -0.25) is 4.79 Å². The summed E-state index contributed by atoms with van der Waals surface area (Å²) >= 11 is 0. The third-order valence-corrected chi connectivity index (χ3v) is 4.65. The number of nitrogens with zero attached hydrogens (tertiary/aromatic N) is 1. The van der Waals surface area contributed by atoms with Crippen LogP contribution in [-0.2, 0) is 4.79 Å². The van der Waals surface area contributed by atoms with E-state index in [-0.39, 0.29) is 30.3 Å². The standard InChI is InChI=1S/C17H23FN4O2.ClH/c18-13-4-1-5-14(9-13)21-16(24)20-10-12-3-2-8-22(11-12)15(23)17(19)6-7-17;/h1,4-5,9,12H,2-3,6-8,10-11,19H2,(H2,20,21,24);1H. The van der Waals surface area contributed by atoms with Crippen molar-refractivity contribution in [2.45, 2.75) is 31.2 Å². The molecule has 0 bridgehead atoms. The van der Waals surface area contributed by atoms with E-state index in [4.69, 9.17) is 5.73 Å². The molecule has 2 fully saturated rings. The number of rotatable bonds is 4. The summed E-state index contributed by atoms with van der Waals surface area (Å²) in [5.41, 5.74) is 5.76. The molecule has 2 aliphatic rings. The van der Waals surface area contributed by atoms with Crippen LogP contribution in [0.25, 0.3) is 0 Å². The highest BCUT2D eigenvalue weighted by Crippen LogP contribution is 2.35. The SMILES string of the molecule is Cl.NC1(C(=O)N2CCCC(CNC(=O)Nc3cccc(F)c3)C2)CC1. The van der Waals surface area contributed by atoms with Crippen LogP contribution in [0.1, 0.15) is 25.7 Å². The molecule has 1 saturated carbocycles. The van der Waals surface area contributed by atoms with E-state index in [1.54, 1.807) is 6.07 Å². The molecule has 0 spiro atoms. The van der Waals surface area contributed by atoms with Gasteiger partial charge in [0.2, 0.25) is 5.91 Å². The zero-order valence-electron chi connectivity index (χ0n) is 14.0. The number of amides is 3. The Labute approximate surface area is 152 Å². The van der Waals surface area contributed by atoms with E-state index < -0.39 is 11.4 Å². The molecule has 1 atom stereocenters. The molecule has 3 rings (SSSR count). The minimum atomic E-state index is -0.635. The third-order valence-electron chi connectivity index (χ3n) is 4.65. The van der Waals surface area contributed by atoms with Crippen LogP contribution >= 0.6 is 12.4 Å². The van der Waals surface area contributed by atoms with Crippen molar-refractivity contribution in [2.24, 2.45) is 11.7 Å². The lowest BCUT2D eigenvalue weighted by Gasteiger charge is -2.34. The Morgan fingerprint density at radius 1 is 1.36 bits per heavy atom. The molecule has 0 radical (unpaired) electrons. The van der Waals surface area contributed by atoms with E-state index in [1.165, 1.54) is 18.2 Å². The summed E-state index contributed by atoms with van der Waals surface area (Å²) < 4.78 is 13.1. The molecule has 1 aromatic carbocycles. The molecule has 4 N–H and O–H groups in total. The van der Waals surface area contributed by atoms with Gasteiger partial charge in [0.05, 0.1) is 5.54 Å². The van der Waals surface area contributed by atoms with Gasteiger partial charge in [0.25, 0.3) is 0 Å². The molecular weight excluding hydrogens is 347 g/mol. The van der Waals surface area contributed by atoms with Crippen molar-refractivity contribution in [3.8, 4) is 0 Å². The first-order valence-corrected chi connectivity index (χ1v) is 8.35. The van der Waals surface area contributed by atoms with Gasteiger partial charge in [-0.05, 0) is 49.8 Å². The van der Waals surface area contributed by atoms with Gasteiger partial charge in [-0.25, -0.2) is 9.18 Å². The highest BCUT2D eigenvalue weighted by atomic mass is 35.5. The number of anilines is 1. The lowest BCUT2D eigenvalue weighted by Crippen LogP contribution is -2.51. The summed E-state index contributed by atoms with van der Waals surface area (Å²) in [4.78, 5) is 26.0. The predicted molar refractivity (Wildman–Crippen MR) is 96.1 cm³/mol. The van der Waals surface area contributed by atoms with E-state index in [0.29, 0.717) is 18.8 Å². The summed E-state index contributed by atoms with van der Waals surface area (Å²) in [6, 6.07) is 5.37. The number of likely N-dealkylation sites (tertiary alicyclic amines) is 1. The van der Waals surface area contributed by atoms with Crippen molar-refractivity contribution in [3.05, 3.63) is 30.1 Å². The van der Waals surface area contributed by atoms with E-state index >= 15 is 0 Å². The fraction of sp³-hybridized carbons (Fsp3) is 0.529. The summed E-state index contributed by atoms with van der Waals surface area (Å²) in [5, 5.41) is 5.39. The van der Waals surface area contributed by atoms with Crippen molar-refractivity contribution in [1.29, 1.82) is 0 Å². The van der Waals surface area contributed by atoms with Crippen molar-refractivity contribution < 1.29 is 14.0 Å². The second-order valence-electron chi connectivity index (χ2n) is 6.76. The number of nitrogens with one attached hydrogen (secondary N) is 2. The quantitative estimate of drug-likeness (QED) is 0.758. The van der Waals surface area contributed by atoms with Crippen LogP contribution < -0.4 is 16.4 Å². The van der Waals surface area contributed by atoms with Crippen LogP contribution in [-0.4, -0.2) is 42.0 Å². The average molecular weight is 371 g/mol. The maximum atomic E-state index is 13.1. The number of carbonyl (C=O) groups is 2. The number of urea groups is 1. The van der Waals surface area contributed by atoms with Gasteiger partial charge >= 0.3 is 6.03 Å². The number of piperidine rings is 1. The molecule has 1 unspecified atom stereocenters. The lowest BCUT2D eigenvalue weighted by atomic mass is 9.97. The highest BCUT2D eigenvalue weighted by Gasteiger charge is 2.48. The minimum absolute atomic E-state index is 0. The van der Waals surface area contributed by atoms with E-state index in [2.05, 4.69) is 10.6 Å². The predicted octanol–water partition coefficient (Wildman–Crippen LogP) is 2.10. The largest absolute Gasteiger partial charge is 0.341 e. The summed E-state index contributed by atoms with van der Waals surface area (Å²) in [6.07, 6.45) is 3.41. The Balaban J connectivity index is 0.00000225. The number of carbonyl (C=O) groups excluding carboxylic acids is 2. The average Bonchev–Trinajstić information content (AvgIpc) is 3.31. The molecule has 0 aromatic heterocycles. The molecule has 3 amide bonds. The fourth-order valence-electron chi connectivity index (χ4n) is 3.06. The number of benzene rings is 1. The van der Waals surface area contributed by atoms with Gasteiger partial charge in [-0.1, -0.05) is 6.07 Å². The van der Waals surface area contributed by atoms with Gasteiger partial charge in [0.15, 0.2) is 0 Å². The van der Waals surface area contributed by atoms with Crippen LogP contribution in [0.2, 0.25) is 0 Å². The smallest absolute Gasteiger partial charge is 0.319 e. The monoisotopic (exact) mass is 370 g/mol. The Kier molecular flexibility index (Phi) is 6.24. The first-order chi connectivity index (χ1) is 11.5. The topological polar surface area (TPSA) is 87.5 Å². The molecular formula is C17H24ClFN4O2. The Morgan fingerprint density at radius 2 is 2.12 bits per heavy atom. The maximum Gasteiger partial charge on any atom is 0.319 e. The van der Waals surface area contributed by atoms with Gasteiger partial charge in [-0.2, -0.15) is 0 Å². The van der Waals surface area contributed by atoms with Crippen LogP contribution in [0.15, 0.2) is 24.3 Å². The van der Waals surface area contributed by atoms with E-state index in [0.717, 1.165) is 32.2 Å². The van der Waals surface area contributed by atoms with Gasteiger partial charge in [0.1, 0.15) is 5.82 Å². The van der Waals surface area contributed by atoms with E-state index in [1.807, 2.05) is 4.90 Å². The maximum absolute atomic E-state index is 13.1. The molecule has 1 heterocycles. The number of hydrogen-bond acceptors (Lipinski definition) is 3. The zero-order valence-corrected chi connectivity index (χ0v) is 14.8. The van der Waals surface area contributed by atoms with Crippen LogP contribution in [0.4, 0.5) is 14.9 Å². The second kappa shape index (κ2) is 8.01. The second-order valence-corrected chi connectivity index (χ2v) is 6.76. The van der Waals surface area contributed by atoms with Crippen molar-refractivity contribution in [2.75, 3.05) is 25.0 Å². The minimum Gasteiger partial charge on any atom is -0.341 e. The molecule has 25 heavy (non-hydrogen) atoms. The summed E-state index contributed by atoms with van der Waals surface area (Å²) in [5.74, 6) is -0.148. The zero-order chi connectivity index (χ0) is 17.2. The Morgan fingerprint density at radius 3 is 2.80 bits per heavy atom. The van der Waals surface area contributed by atoms with E-state index in [9.17, 15) is 14.0 Å². The molecule has 1 aliphatic carbocycles. The Bertz CT molecular complexity index is 639. The molecule has 6 nitrogen and oxygen atoms in total. The summed E-state index contributed by atoms with van der Waals surface area (Å²) in [6.45, 7) is 1.84. The van der Waals surface area contributed by atoms with Crippen molar-refractivity contribution >= 4 is 30.0 Å². The number of hydrogen-bond donors (Lipinski definition) is 3. The lowest BCUT2D eigenvalue weighted by molar-refractivity contribution is -0.135. The third kappa shape index (κ3) is 5.06. The van der Waals surface area contributed by atoms with Crippen LogP contribution in [0, 0.1) is 11.7 Å². The molecule has 138 valence electrons. The molecule has 1 aliphatic heterocycles. The summed E-state index contributed by atoms with van der Waals surface area (Å²) in [7, 11) is 0. The van der Waals surface area contributed by atoms with Crippen molar-refractivity contribution in [1.82, 2.24) is 10.2 Å². The van der Waals surface area contributed by atoms with Gasteiger partial charge in [0, 0.05) is 25.3 Å². The van der Waals surface area contributed by atoms with Gasteiger partial charge < -0.3 is 21.3 Å². The number of halogens is 2. The molecule has 1 saturated heterocycles. The molecule has 1 aromatic rings.